The number of halogens is 3. The van der Waals surface area contributed by atoms with E-state index in [4.69, 9.17) is 5.11 Å². The van der Waals surface area contributed by atoms with Gasteiger partial charge in [0.1, 0.15) is 13.1 Å². The maximum atomic E-state index is 12.9. The quantitative estimate of drug-likeness (QED) is 0.859. The van der Waals surface area contributed by atoms with E-state index in [2.05, 4.69) is 0 Å². The van der Waals surface area contributed by atoms with Gasteiger partial charge in [-0.1, -0.05) is 12.1 Å². The van der Waals surface area contributed by atoms with E-state index in [1.807, 2.05) is 0 Å². The highest BCUT2D eigenvalue weighted by atomic mass is 19.4. The molecule has 9 heteroatoms. The molecule has 112 valence electrons. The van der Waals surface area contributed by atoms with E-state index in [1.165, 1.54) is 6.07 Å². The van der Waals surface area contributed by atoms with Gasteiger partial charge in [-0.15, -0.1) is 0 Å². The van der Waals surface area contributed by atoms with Gasteiger partial charge >= 0.3 is 18.2 Å². The number of carboxylic acids is 1. The second-order valence-corrected chi connectivity index (χ2v) is 4.28. The van der Waals surface area contributed by atoms with Gasteiger partial charge in [-0.2, -0.15) is 13.2 Å². The average Bonchev–Trinajstić information content (AvgIpc) is 2.62. The van der Waals surface area contributed by atoms with Crippen LogP contribution >= 0.6 is 0 Å². The number of rotatable bonds is 3. The molecule has 0 bridgehead atoms. The first-order valence-electron chi connectivity index (χ1n) is 5.71. The van der Waals surface area contributed by atoms with Gasteiger partial charge in [0.2, 0.25) is 0 Å². The standard InChI is InChI=1S/C12H9F3N2O4/c13-12(14,15)7-3-1-2-4-8(7)17-9(18)5-16(11(17)21)6-10(19)20/h1-4H,5-6H2,(H,19,20). The van der Waals surface area contributed by atoms with E-state index >= 15 is 0 Å². The van der Waals surface area contributed by atoms with Crippen molar-refractivity contribution in [1.29, 1.82) is 0 Å². The van der Waals surface area contributed by atoms with Crippen LogP contribution in [-0.4, -0.2) is 41.0 Å². The maximum Gasteiger partial charge on any atom is 0.418 e. The lowest BCUT2D eigenvalue weighted by atomic mass is 10.1. The number of para-hydroxylation sites is 1. The molecular formula is C12H9F3N2O4. The van der Waals surface area contributed by atoms with Gasteiger partial charge in [0.15, 0.2) is 0 Å². The summed E-state index contributed by atoms with van der Waals surface area (Å²) >= 11 is 0. The Labute approximate surface area is 116 Å². The first-order valence-corrected chi connectivity index (χ1v) is 5.71. The summed E-state index contributed by atoms with van der Waals surface area (Å²) in [6.07, 6.45) is -4.74. The third-order valence-corrected chi connectivity index (χ3v) is 2.81. The lowest BCUT2D eigenvalue weighted by Crippen LogP contribution is -2.36. The normalized spacial score (nSPS) is 15.8. The summed E-state index contributed by atoms with van der Waals surface area (Å²) in [5.41, 5.74) is -1.74. The van der Waals surface area contributed by atoms with Crippen molar-refractivity contribution in [2.45, 2.75) is 6.18 Å². The molecule has 0 radical (unpaired) electrons. The highest BCUT2D eigenvalue weighted by molar-refractivity contribution is 6.20. The Hall–Kier alpha value is -2.58. The zero-order chi connectivity index (χ0) is 15.8. The number of carbonyl (C=O) groups is 3. The number of aliphatic carboxylic acids is 1. The summed E-state index contributed by atoms with van der Waals surface area (Å²) in [7, 11) is 0. The molecule has 0 spiro atoms. The monoisotopic (exact) mass is 302 g/mol. The molecule has 0 aliphatic carbocycles. The van der Waals surface area contributed by atoms with Gasteiger partial charge in [-0.05, 0) is 12.1 Å². The maximum absolute atomic E-state index is 12.9. The second-order valence-electron chi connectivity index (χ2n) is 4.28. The number of benzene rings is 1. The van der Waals surface area contributed by atoms with E-state index in [0.717, 1.165) is 18.2 Å². The van der Waals surface area contributed by atoms with Crippen molar-refractivity contribution in [3.63, 3.8) is 0 Å². The number of carbonyl (C=O) groups excluding carboxylic acids is 2. The van der Waals surface area contributed by atoms with Crippen molar-refractivity contribution in [3.05, 3.63) is 29.8 Å². The Bertz CT molecular complexity index is 615. The van der Waals surface area contributed by atoms with Crippen LogP contribution in [0.1, 0.15) is 5.56 Å². The first kappa shape index (κ1) is 14.8. The molecule has 1 N–H and O–H groups in total. The number of hydrogen-bond donors (Lipinski definition) is 1. The van der Waals surface area contributed by atoms with Gasteiger partial charge in [0.25, 0.3) is 5.91 Å². The molecule has 1 heterocycles. The molecule has 1 saturated heterocycles. The van der Waals surface area contributed by atoms with Crippen molar-refractivity contribution in [1.82, 2.24) is 4.90 Å². The lowest BCUT2D eigenvalue weighted by molar-refractivity contribution is -0.138. The van der Waals surface area contributed by atoms with Gasteiger partial charge in [0.05, 0.1) is 11.3 Å². The molecular weight excluding hydrogens is 293 g/mol. The van der Waals surface area contributed by atoms with Gasteiger partial charge in [-0.25, -0.2) is 9.69 Å². The molecule has 0 unspecified atom stereocenters. The minimum absolute atomic E-state index is 0.353. The molecule has 1 aliphatic rings. The summed E-state index contributed by atoms with van der Waals surface area (Å²) < 4.78 is 38.7. The third-order valence-electron chi connectivity index (χ3n) is 2.81. The minimum atomic E-state index is -4.74. The van der Waals surface area contributed by atoms with Crippen LogP contribution in [0.25, 0.3) is 0 Å². The molecule has 1 fully saturated rings. The average molecular weight is 302 g/mol. The van der Waals surface area contributed by atoms with Crippen molar-refractivity contribution >= 4 is 23.6 Å². The van der Waals surface area contributed by atoms with E-state index in [-0.39, 0.29) is 0 Å². The topological polar surface area (TPSA) is 77.9 Å². The Balaban J connectivity index is 2.41. The Kier molecular flexibility index (Phi) is 3.58. The third kappa shape index (κ3) is 2.81. The number of nitrogens with zero attached hydrogens (tertiary/aromatic N) is 2. The van der Waals surface area contributed by atoms with Crippen molar-refractivity contribution < 1.29 is 32.7 Å². The second kappa shape index (κ2) is 5.08. The van der Waals surface area contributed by atoms with E-state index in [1.54, 1.807) is 0 Å². The summed E-state index contributed by atoms with van der Waals surface area (Å²) in [4.78, 5) is 35.3. The van der Waals surface area contributed by atoms with Crippen LogP contribution in [-0.2, 0) is 15.8 Å². The minimum Gasteiger partial charge on any atom is -0.480 e. The number of urea groups is 1. The molecule has 0 aromatic heterocycles. The summed E-state index contributed by atoms with van der Waals surface area (Å²) in [6.45, 7) is -1.33. The van der Waals surface area contributed by atoms with Gasteiger partial charge in [-0.3, -0.25) is 9.59 Å². The number of alkyl halides is 3. The van der Waals surface area contributed by atoms with Crippen LogP contribution in [0.3, 0.4) is 0 Å². The van der Waals surface area contributed by atoms with Crippen LogP contribution in [0.4, 0.5) is 23.7 Å². The van der Waals surface area contributed by atoms with Crippen LogP contribution < -0.4 is 4.90 Å². The molecule has 2 rings (SSSR count). The largest absolute Gasteiger partial charge is 0.480 e. The molecule has 1 aliphatic heterocycles. The van der Waals surface area contributed by atoms with Crippen LogP contribution in [0.5, 0.6) is 0 Å². The molecule has 0 atom stereocenters. The van der Waals surface area contributed by atoms with E-state index < -0.39 is 48.4 Å². The fourth-order valence-electron chi connectivity index (χ4n) is 1.98. The molecule has 1 aromatic rings. The summed E-state index contributed by atoms with van der Waals surface area (Å²) in [5, 5.41) is 8.61. The Morgan fingerprint density at radius 2 is 1.86 bits per heavy atom. The molecule has 1 aromatic carbocycles. The lowest BCUT2D eigenvalue weighted by Gasteiger charge is -2.19. The SMILES string of the molecule is O=C(O)CN1CC(=O)N(c2ccccc2C(F)(F)F)C1=O. The zero-order valence-electron chi connectivity index (χ0n) is 10.4. The van der Waals surface area contributed by atoms with Crippen molar-refractivity contribution in [3.8, 4) is 0 Å². The number of hydrogen-bond acceptors (Lipinski definition) is 3. The Morgan fingerprint density at radius 3 is 2.43 bits per heavy atom. The van der Waals surface area contributed by atoms with E-state index in [9.17, 15) is 27.6 Å². The van der Waals surface area contributed by atoms with Crippen molar-refractivity contribution in [2.24, 2.45) is 0 Å². The van der Waals surface area contributed by atoms with Gasteiger partial charge < -0.3 is 10.0 Å². The Morgan fingerprint density at radius 1 is 1.24 bits per heavy atom. The fourth-order valence-corrected chi connectivity index (χ4v) is 1.98. The number of amides is 3. The summed E-state index contributed by atoms with van der Waals surface area (Å²) in [6, 6.07) is 3.04. The van der Waals surface area contributed by atoms with Crippen LogP contribution in [0.15, 0.2) is 24.3 Å². The molecule has 21 heavy (non-hydrogen) atoms. The molecule has 3 amide bonds. The predicted octanol–water partition coefficient (Wildman–Crippen LogP) is 1.56. The first-order chi connectivity index (χ1) is 9.71. The number of anilines is 1. The van der Waals surface area contributed by atoms with Crippen LogP contribution in [0, 0.1) is 0 Å². The molecule has 0 saturated carbocycles. The highest BCUT2D eigenvalue weighted by Gasteiger charge is 2.43. The predicted molar refractivity (Wildman–Crippen MR) is 63.5 cm³/mol. The number of carboxylic acid groups (broad SMARTS) is 1. The molecule has 6 nitrogen and oxygen atoms in total. The van der Waals surface area contributed by atoms with E-state index in [0.29, 0.717) is 9.80 Å². The van der Waals surface area contributed by atoms with Crippen LogP contribution in [0.2, 0.25) is 0 Å². The zero-order valence-corrected chi connectivity index (χ0v) is 10.4. The smallest absolute Gasteiger partial charge is 0.418 e. The van der Waals surface area contributed by atoms with Gasteiger partial charge in [0, 0.05) is 0 Å². The van der Waals surface area contributed by atoms with Crippen molar-refractivity contribution in [2.75, 3.05) is 18.0 Å². The highest BCUT2D eigenvalue weighted by Crippen LogP contribution is 2.37. The fraction of sp³-hybridized carbons (Fsp3) is 0.250. The summed E-state index contributed by atoms with van der Waals surface area (Å²) in [5.74, 6) is -2.26. The number of imide groups is 1.